The lowest BCUT2D eigenvalue weighted by molar-refractivity contribution is -0.143. The lowest BCUT2D eigenvalue weighted by Gasteiger charge is -2.26. The lowest BCUT2D eigenvalue weighted by atomic mass is 9.91. The first kappa shape index (κ1) is 24.6. The summed E-state index contributed by atoms with van der Waals surface area (Å²) >= 11 is 0. The maximum absolute atomic E-state index is 12.9. The smallest absolute Gasteiger partial charge is 0.308 e. The average Bonchev–Trinajstić information content (AvgIpc) is 3.21. The molecule has 10 heteroatoms. The van der Waals surface area contributed by atoms with Crippen LogP contribution in [-0.4, -0.2) is 63.4 Å². The summed E-state index contributed by atoms with van der Waals surface area (Å²) in [5.41, 5.74) is 2.70. The zero-order valence-electron chi connectivity index (χ0n) is 19.9. The van der Waals surface area contributed by atoms with Crippen molar-refractivity contribution in [2.45, 2.75) is 51.2 Å². The molecule has 4 N–H and O–H groups in total. The van der Waals surface area contributed by atoms with Crippen LogP contribution >= 0.6 is 0 Å². The summed E-state index contributed by atoms with van der Waals surface area (Å²) in [4.78, 5) is 47.7. The molecule has 0 aromatic carbocycles. The minimum absolute atomic E-state index is 0.120. The quantitative estimate of drug-likeness (QED) is 0.402. The van der Waals surface area contributed by atoms with Gasteiger partial charge in [-0.25, -0.2) is 4.98 Å². The summed E-state index contributed by atoms with van der Waals surface area (Å²) in [6, 6.07) is 6.40. The highest BCUT2D eigenvalue weighted by Crippen LogP contribution is 2.25. The van der Waals surface area contributed by atoms with E-state index in [1.165, 1.54) is 10.5 Å². The maximum Gasteiger partial charge on any atom is 0.308 e. The predicted octanol–water partition coefficient (Wildman–Crippen LogP) is 1.49. The van der Waals surface area contributed by atoms with Gasteiger partial charge in [0.25, 0.3) is 0 Å². The minimum atomic E-state index is -0.992. The van der Waals surface area contributed by atoms with Gasteiger partial charge in [-0.1, -0.05) is 19.1 Å². The standard InChI is InChI=1S/C25H32N6O4/c1-2-19(25(34)35)22(17-6-3-10-26-13-17)30-21(32)15-31-12-9-20(24(31)33)28-14-18-8-7-16-5-4-11-27-23(16)29-18/h3,6-8,10,13,19-20,22,28H,2,4-5,9,11-12,14-15H2,1H3,(H,27,29)(H,30,32)(H,34,35)/t19?,20-,22-/m0/s1. The zero-order chi connectivity index (χ0) is 24.8. The molecule has 2 aliphatic rings. The molecular weight excluding hydrogens is 448 g/mol. The Morgan fingerprint density at radius 2 is 2.17 bits per heavy atom. The van der Waals surface area contributed by atoms with Gasteiger partial charge in [-0.05, 0) is 48.9 Å². The average molecular weight is 481 g/mol. The number of aliphatic carboxylic acids is 1. The second-order valence-corrected chi connectivity index (χ2v) is 9.01. The molecular formula is C25H32N6O4. The van der Waals surface area contributed by atoms with Crippen molar-refractivity contribution in [3.05, 3.63) is 53.5 Å². The molecule has 1 unspecified atom stereocenters. The molecule has 10 nitrogen and oxygen atoms in total. The first-order valence-electron chi connectivity index (χ1n) is 12.1. The van der Waals surface area contributed by atoms with Gasteiger partial charge in [-0.15, -0.1) is 0 Å². The molecule has 2 aromatic rings. The van der Waals surface area contributed by atoms with E-state index in [1.807, 2.05) is 6.07 Å². The Morgan fingerprint density at radius 1 is 1.31 bits per heavy atom. The molecule has 2 aliphatic heterocycles. The summed E-state index contributed by atoms with van der Waals surface area (Å²) in [5.74, 6) is -1.41. The Bertz CT molecular complexity index is 1060. The molecule has 0 bridgehead atoms. The summed E-state index contributed by atoms with van der Waals surface area (Å²) in [6.07, 6.45) is 6.21. The number of nitrogens with one attached hydrogen (secondary N) is 3. The molecule has 3 atom stereocenters. The van der Waals surface area contributed by atoms with Crippen LogP contribution in [0.25, 0.3) is 0 Å². The van der Waals surface area contributed by atoms with E-state index in [4.69, 9.17) is 0 Å². The Hall–Kier alpha value is -3.53. The number of hydrogen-bond donors (Lipinski definition) is 4. The van der Waals surface area contributed by atoms with Crippen LogP contribution in [0.4, 0.5) is 5.82 Å². The SMILES string of the molecule is CCC(C(=O)O)[C@@H](NC(=O)CN1CC[C@H](NCc2ccc3c(n2)NCCC3)C1=O)c1cccnc1. The number of aryl methyl sites for hydroxylation is 1. The number of hydrogen-bond acceptors (Lipinski definition) is 7. The van der Waals surface area contributed by atoms with E-state index in [0.717, 1.165) is 30.9 Å². The monoisotopic (exact) mass is 480 g/mol. The van der Waals surface area contributed by atoms with Crippen LogP contribution in [0.2, 0.25) is 0 Å². The van der Waals surface area contributed by atoms with Crippen LogP contribution in [0.1, 0.15) is 49.0 Å². The van der Waals surface area contributed by atoms with Crippen molar-refractivity contribution in [1.82, 2.24) is 25.5 Å². The van der Waals surface area contributed by atoms with E-state index >= 15 is 0 Å². The van der Waals surface area contributed by atoms with Gasteiger partial charge in [0.2, 0.25) is 11.8 Å². The predicted molar refractivity (Wildman–Crippen MR) is 129 cm³/mol. The lowest BCUT2D eigenvalue weighted by Crippen LogP contribution is -2.45. The van der Waals surface area contributed by atoms with Gasteiger partial charge in [-0.2, -0.15) is 0 Å². The second kappa shape index (κ2) is 11.3. The van der Waals surface area contributed by atoms with Crippen molar-refractivity contribution in [3.63, 3.8) is 0 Å². The van der Waals surface area contributed by atoms with E-state index in [0.29, 0.717) is 31.5 Å². The van der Waals surface area contributed by atoms with Crippen molar-refractivity contribution in [2.75, 3.05) is 25.0 Å². The van der Waals surface area contributed by atoms with Crippen LogP contribution in [0, 0.1) is 5.92 Å². The number of carboxylic acid groups (broad SMARTS) is 1. The van der Waals surface area contributed by atoms with E-state index in [9.17, 15) is 19.5 Å². The number of carboxylic acids is 1. The molecule has 0 aliphatic carbocycles. The van der Waals surface area contributed by atoms with Gasteiger partial charge in [0, 0.05) is 32.0 Å². The van der Waals surface area contributed by atoms with Crippen molar-refractivity contribution < 1.29 is 19.5 Å². The molecule has 35 heavy (non-hydrogen) atoms. The number of nitrogens with zero attached hydrogens (tertiary/aromatic N) is 3. The molecule has 1 fully saturated rings. The number of likely N-dealkylation sites (tertiary alicyclic amines) is 1. The van der Waals surface area contributed by atoms with Crippen molar-refractivity contribution >= 4 is 23.6 Å². The van der Waals surface area contributed by atoms with Crippen molar-refractivity contribution in [3.8, 4) is 0 Å². The number of amides is 2. The van der Waals surface area contributed by atoms with Gasteiger partial charge in [0.05, 0.1) is 30.2 Å². The minimum Gasteiger partial charge on any atom is -0.481 e. The van der Waals surface area contributed by atoms with E-state index in [2.05, 4.69) is 32.0 Å². The second-order valence-electron chi connectivity index (χ2n) is 9.01. The maximum atomic E-state index is 12.9. The van der Waals surface area contributed by atoms with Gasteiger partial charge in [0.1, 0.15) is 5.82 Å². The number of carbonyl (C=O) groups excluding carboxylic acids is 2. The largest absolute Gasteiger partial charge is 0.481 e. The van der Waals surface area contributed by atoms with Gasteiger partial charge in [0.15, 0.2) is 0 Å². The molecule has 0 radical (unpaired) electrons. The molecule has 4 rings (SSSR count). The highest BCUT2D eigenvalue weighted by atomic mass is 16.4. The first-order valence-corrected chi connectivity index (χ1v) is 12.1. The summed E-state index contributed by atoms with van der Waals surface area (Å²) in [6.45, 7) is 3.48. The fourth-order valence-electron chi connectivity index (χ4n) is 4.70. The number of rotatable bonds is 10. The molecule has 186 valence electrons. The number of anilines is 1. The van der Waals surface area contributed by atoms with Crippen LogP contribution in [0.5, 0.6) is 0 Å². The third-order valence-electron chi connectivity index (χ3n) is 6.63. The number of pyridine rings is 2. The van der Waals surface area contributed by atoms with Crippen LogP contribution in [0.3, 0.4) is 0 Å². The topological polar surface area (TPSA) is 137 Å². The van der Waals surface area contributed by atoms with E-state index in [-0.39, 0.29) is 18.5 Å². The molecule has 2 aromatic heterocycles. The third kappa shape index (κ3) is 5.94. The van der Waals surface area contributed by atoms with Crippen LogP contribution < -0.4 is 16.0 Å². The Balaban J connectivity index is 1.33. The van der Waals surface area contributed by atoms with Gasteiger partial charge < -0.3 is 26.0 Å². The van der Waals surface area contributed by atoms with Gasteiger partial charge in [-0.3, -0.25) is 19.4 Å². The number of fused-ring (bicyclic) bond motifs is 1. The summed E-state index contributed by atoms with van der Waals surface area (Å²) in [7, 11) is 0. The first-order chi connectivity index (χ1) is 17.0. The molecule has 0 saturated carbocycles. The fourth-order valence-corrected chi connectivity index (χ4v) is 4.70. The molecule has 1 saturated heterocycles. The Kier molecular flexibility index (Phi) is 7.91. The highest BCUT2D eigenvalue weighted by Gasteiger charge is 2.34. The van der Waals surface area contributed by atoms with Gasteiger partial charge >= 0.3 is 5.97 Å². The van der Waals surface area contributed by atoms with E-state index < -0.39 is 23.8 Å². The van der Waals surface area contributed by atoms with E-state index in [1.54, 1.807) is 31.5 Å². The number of aromatic nitrogens is 2. The van der Waals surface area contributed by atoms with Crippen LogP contribution in [0.15, 0.2) is 36.7 Å². The summed E-state index contributed by atoms with van der Waals surface area (Å²) in [5, 5.41) is 19.1. The normalized spacial score (nSPS) is 18.9. The molecule has 4 heterocycles. The Labute approximate surface area is 204 Å². The molecule has 0 spiro atoms. The Morgan fingerprint density at radius 3 is 2.91 bits per heavy atom. The molecule has 2 amide bonds. The zero-order valence-corrected chi connectivity index (χ0v) is 19.9. The van der Waals surface area contributed by atoms with Crippen molar-refractivity contribution in [2.24, 2.45) is 5.92 Å². The summed E-state index contributed by atoms with van der Waals surface area (Å²) < 4.78 is 0. The number of carbonyl (C=O) groups is 3. The third-order valence-corrected chi connectivity index (χ3v) is 6.63. The fraction of sp³-hybridized carbons (Fsp3) is 0.480. The van der Waals surface area contributed by atoms with Crippen LogP contribution in [-0.2, 0) is 27.3 Å². The highest BCUT2D eigenvalue weighted by molar-refractivity contribution is 5.89. The van der Waals surface area contributed by atoms with Crippen molar-refractivity contribution in [1.29, 1.82) is 0 Å².